The Labute approximate surface area is 152 Å². The fraction of sp³-hybridized carbons (Fsp3) is 0.350. The van der Waals surface area contributed by atoms with Gasteiger partial charge in [0.05, 0.1) is 10.2 Å². The highest BCUT2D eigenvalue weighted by atomic mass is 32.1. The second-order valence-electron chi connectivity index (χ2n) is 6.81. The molecular weight excluding hydrogens is 330 g/mol. The molecule has 1 N–H and O–H groups in total. The predicted octanol–water partition coefficient (Wildman–Crippen LogP) is 3.97. The number of piperidine rings is 1. The number of benzene rings is 1. The lowest BCUT2D eigenvalue weighted by atomic mass is 10.0. The van der Waals surface area contributed by atoms with E-state index in [1.54, 1.807) is 11.3 Å². The third-order valence-corrected chi connectivity index (χ3v) is 5.93. The third kappa shape index (κ3) is 3.48. The van der Waals surface area contributed by atoms with Crippen LogP contribution < -0.4 is 0 Å². The number of carbonyl (C=O) groups excluding carboxylic acids is 1. The van der Waals surface area contributed by atoms with Crippen molar-refractivity contribution in [1.29, 1.82) is 0 Å². The van der Waals surface area contributed by atoms with E-state index in [9.17, 15) is 4.79 Å². The van der Waals surface area contributed by atoms with E-state index in [1.165, 1.54) is 5.56 Å². The fourth-order valence-electron chi connectivity index (χ4n) is 3.65. The molecule has 2 aromatic heterocycles. The molecule has 1 aliphatic rings. The minimum absolute atomic E-state index is 0.0926. The van der Waals surface area contributed by atoms with Gasteiger partial charge in [0.1, 0.15) is 5.69 Å². The Morgan fingerprint density at radius 1 is 1.32 bits per heavy atom. The summed E-state index contributed by atoms with van der Waals surface area (Å²) in [5.74, 6) is 0.0926. The number of amides is 1. The quantitative estimate of drug-likeness (QED) is 0.771. The van der Waals surface area contributed by atoms with Gasteiger partial charge < -0.3 is 9.88 Å². The average molecular weight is 353 g/mol. The van der Waals surface area contributed by atoms with Gasteiger partial charge in [0.2, 0.25) is 0 Å². The van der Waals surface area contributed by atoms with E-state index in [1.807, 2.05) is 29.5 Å². The molecule has 0 spiro atoms. The van der Waals surface area contributed by atoms with E-state index in [4.69, 9.17) is 0 Å². The summed E-state index contributed by atoms with van der Waals surface area (Å²) in [5.41, 5.74) is 3.09. The first kappa shape index (κ1) is 16.4. The number of hydrogen-bond acceptors (Lipinski definition) is 3. The zero-order valence-corrected chi connectivity index (χ0v) is 15.3. The van der Waals surface area contributed by atoms with Crippen molar-refractivity contribution in [3.8, 4) is 0 Å². The van der Waals surface area contributed by atoms with Crippen LogP contribution in [0.5, 0.6) is 0 Å². The Balaban J connectivity index is 1.43. The van der Waals surface area contributed by atoms with Gasteiger partial charge in [-0.3, -0.25) is 9.69 Å². The number of rotatable bonds is 4. The molecule has 4 nitrogen and oxygen atoms in total. The van der Waals surface area contributed by atoms with Crippen LogP contribution >= 0.6 is 11.3 Å². The van der Waals surface area contributed by atoms with Gasteiger partial charge in [-0.25, -0.2) is 0 Å². The second kappa shape index (κ2) is 7.02. The molecule has 1 fully saturated rings. The first-order valence-electron chi connectivity index (χ1n) is 8.80. The van der Waals surface area contributed by atoms with Crippen molar-refractivity contribution in [1.82, 2.24) is 14.8 Å². The lowest BCUT2D eigenvalue weighted by Gasteiger charge is -2.37. The molecule has 1 amide bonds. The second-order valence-corrected chi connectivity index (χ2v) is 7.76. The van der Waals surface area contributed by atoms with Gasteiger partial charge in [-0.1, -0.05) is 30.3 Å². The molecule has 3 heterocycles. The maximum absolute atomic E-state index is 12.9. The molecule has 1 atom stereocenters. The summed E-state index contributed by atoms with van der Waals surface area (Å²) in [5, 5.41) is 2.04. The number of nitrogens with zero attached hydrogens (tertiary/aromatic N) is 2. The first-order valence-corrected chi connectivity index (χ1v) is 9.68. The summed E-state index contributed by atoms with van der Waals surface area (Å²) in [6.07, 6.45) is 2.21. The van der Waals surface area contributed by atoms with E-state index >= 15 is 0 Å². The number of thiophene rings is 1. The van der Waals surface area contributed by atoms with Gasteiger partial charge >= 0.3 is 0 Å². The zero-order valence-electron chi connectivity index (χ0n) is 14.4. The minimum Gasteiger partial charge on any atom is -0.350 e. The molecule has 25 heavy (non-hydrogen) atoms. The number of likely N-dealkylation sites (tertiary alicyclic amines) is 1. The Morgan fingerprint density at radius 2 is 2.16 bits per heavy atom. The Morgan fingerprint density at radius 3 is 2.96 bits per heavy atom. The van der Waals surface area contributed by atoms with Crippen molar-refractivity contribution >= 4 is 27.5 Å². The molecule has 1 unspecified atom stereocenters. The summed E-state index contributed by atoms with van der Waals surface area (Å²) in [7, 11) is 1.94. The number of hydrogen-bond donors (Lipinski definition) is 1. The van der Waals surface area contributed by atoms with Crippen LogP contribution in [0.1, 0.15) is 28.9 Å². The monoisotopic (exact) mass is 353 g/mol. The molecule has 0 bridgehead atoms. The van der Waals surface area contributed by atoms with Gasteiger partial charge in [0.15, 0.2) is 0 Å². The standard InChI is InChI=1S/C20H23N3OS/c1-22(20(24)18-12-19-17(21-18)9-11-25-19)16-8-5-10-23(14-16)13-15-6-3-2-4-7-15/h2-4,6-7,9,11-12,16,21H,5,8,10,13-14H2,1H3. The number of fused-ring (bicyclic) bond motifs is 1. The molecular formula is C20H23N3OS. The van der Waals surface area contributed by atoms with Crippen LogP contribution in [-0.4, -0.2) is 46.9 Å². The molecule has 4 rings (SSSR count). The molecule has 1 aliphatic heterocycles. The minimum atomic E-state index is 0.0926. The zero-order chi connectivity index (χ0) is 17.2. The molecule has 1 saturated heterocycles. The van der Waals surface area contributed by atoms with Crippen molar-refractivity contribution in [2.45, 2.75) is 25.4 Å². The number of carbonyl (C=O) groups is 1. The van der Waals surface area contributed by atoms with E-state index in [2.05, 4.69) is 40.2 Å². The number of aromatic amines is 1. The van der Waals surface area contributed by atoms with Gasteiger partial charge in [0.25, 0.3) is 5.91 Å². The van der Waals surface area contributed by atoms with Crippen molar-refractivity contribution in [3.05, 3.63) is 59.1 Å². The van der Waals surface area contributed by atoms with Crippen LogP contribution in [0.3, 0.4) is 0 Å². The Bertz CT molecular complexity index is 826. The lowest BCUT2D eigenvalue weighted by molar-refractivity contribution is 0.0604. The van der Waals surface area contributed by atoms with E-state index in [0.717, 1.165) is 42.7 Å². The number of likely N-dealkylation sites (N-methyl/N-ethyl adjacent to an activating group) is 1. The SMILES string of the molecule is CN(C(=O)c1cc2sccc2[nH]1)C1CCCN(Cc2ccccc2)C1. The summed E-state index contributed by atoms with van der Waals surface area (Å²) >= 11 is 1.66. The van der Waals surface area contributed by atoms with Crippen molar-refractivity contribution in [2.24, 2.45) is 0 Å². The van der Waals surface area contributed by atoms with Gasteiger partial charge in [-0.2, -0.15) is 0 Å². The Hall–Kier alpha value is -2.11. The van der Waals surface area contributed by atoms with Crippen molar-refractivity contribution < 1.29 is 4.79 Å². The summed E-state index contributed by atoms with van der Waals surface area (Å²) in [6, 6.07) is 14.8. The smallest absolute Gasteiger partial charge is 0.270 e. The molecule has 1 aromatic carbocycles. The molecule has 130 valence electrons. The molecule has 0 aliphatic carbocycles. The maximum atomic E-state index is 12.9. The fourth-order valence-corrected chi connectivity index (χ4v) is 4.43. The van der Waals surface area contributed by atoms with Crippen LogP contribution in [-0.2, 0) is 6.54 Å². The van der Waals surface area contributed by atoms with Crippen LogP contribution in [0.4, 0.5) is 0 Å². The van der Waals surface area contributed by atoms with Crippen molar-refractivity contribution in [2.75, 3.05) is 20.1 Å². The summed E-state index contributed by atoms with van der Waals surface area (Å²) in [4.78, 5) is 20.5. The van der Waals surface area contributed by atoms with E-state index in [-0.39, 0.29) is 11.9 Å². The molecule has 0 radical (unpaired) electrons. The van der Waals surface area contributed by atoms with Gasteiger partial charge in [-0.05, 0) is 42.5 Å². The van der Waals surface area contributed by atoms with E-state index < -0.39 is 0 Å². The largest absolute Gasteiger partial charge is 0.350 e. The van der Waals surface area contributed by atoms with E-state index in [0.29, 0.717) is 5.69 Å². The van der Waals surface area contributed by atoms with Crippen LogP contribution in [0.25, 0.3) is 10.2 Å². The first-order chi connectivity index (χ1) is 12.2. The average Bonchev–Trinajstić information content (AvgIpc) is 3.23. The van der Waals surface area contributed by atoms with Gasteiger partial charge in [-0.15, -0.1) is 11.3 Å². The summed E-state index contributed by atoms with van der Waals surface area (Å²) in [6.45, 7) is 3.00. The van der Waals surface area contributed by atoms with Crippen LogP contribution in [0.15, 0.2) is 47.8 Å². The highest BCUT2D eigenvalue weighted by molar-refractivity contribution is 7.17. The number of aromatic nitrogens is 1. The maximum Gasteiger partial charge on any atom is 0.270 e. The van der Waals surface area contributed by atoms with Gasteiger partial charge in [0, 0.05) is 26.2 Å². The normalized spacial score (nSPS) is 18.5. The van der Waals surface area contributed by atoms with Crippen LogP contribution in [0.2, 0.25) is 0 Å². The Kier molecular flexibility index (Phi) is 4.59. The number of H-pyrrole nitrogens is 1. The lowest BCUT2D eigenvalue weighted by Crippen LogP contribution is -2.48. The van der Waals surface area contributed by atoms with Crippen molar-refractivity contribution in [3.63, 3.8) is 0 Å². The molecule has 3 aromatic rings. The summed E-state index contributed by atoms with van der Waals surface area (Å²) < 4.78 is 1.14. The number of nitrogens with one attached hydrogen (secondary N) is 1. The van der Waals surface area contributed by atoms with Crippen LogP contribution in [0, 0.1) is 0 Å². The third-order valence-electron chi connectivity index (χ3n) is 5.07. The molecule has 5 heteroatoms. The predicted molar refractivity (Wildman–Crippen MR) is 103 cm³/mol. The topological polar surface area (TPSA) is 39.3 Å². The highest BCUT2D eigenvalue weighted by Gasteiger charge is 2.27. The highest BCUT2D eigenvalue weighted by Crippen LogP contribution is 2.23. The molecule has 0 saturated carbocycles.